The molecule has 0 aliphatic carbocycles. The Morgan fingerprint density at radius 3 is 2.43 bits per heavy atom. The minimum absolute atomic E-state index is 0. The first kappa shape index (κ1) is 17.7. The average molecular weight is 255 g/mol. The van der Waals surface area contributed by atoms with E-state index in [0.717, 1.165) is 0 Å². The summed E-state index contributed by atoms with van der Waals surface area (Å²) in [7, 11) is -4.28. The van der Waals surface area contributed by atoms with Crippen molar-refractivity contribution >= 4 is 19.4 Å². The van der Waals surface area contributed by atoms with Crippen molar-refractivity contribution in [2.75, 3.05) is 12.5 Å². The topological polar surface area (TPSA) is 78.8 Å². The standard InChI is InChI=1S/C6H14ClO5P.Na/c1-5(2)12-13(9,10)11-4-6(8)3-7;/h5-6,8H,3-4H2,1-2H3,(H,9,10);/q;+1/p-1. The van der Waals surface area contributed by atoms with Gasteiger partial charge in [0.1, 0.15) is 0 Å². The fourth-order valence-electron chi connectivity index (χ4n) is 0.510. The molecule has 0 aliphatic heterocycles. The largest absolute Gasteiger partial charge is 1.00 e. The molecule has 0 spiro atoms. The Labute approximate surface area is 111 Å². The van der Waals surface area contributed by atoms with Gasteiger partial charge in [0.25, 0.3) is 7.82 Å². The molecular formula is C6H13ClNaO5P. The molecule has 0 saturated carbocycles. The fourth-order valence-corrected chi connectivity index (χ4v) is 1.53. The zero-order valence-corrected chi connectivity index (χ0v) is 12.1. The summed E-state index contributed by atoms with van der Waals surface area (Å²) in [5.41, 5.74) is 0. The Morgan fingerprint density at radius 2 is 2.07 bits per heavy atom. The van der Waals surface area contributed by atoms with Gasteiger partial charge < -0.3 is 19.0 Å². The van der Waals surface area contributed by atoms with Gasteiger partial charge >= 0.3 is 29.6 Å². The van der Waals surface area contributed by atoms with Crippen LogP contribution in [0.4, 0.5) is 0 Å². The van der Waals surface area contributed by atoms with Crippen LogP contribution in [0.25, 0.3) is 0 Å². The van der Waals surface area contributed by atoms with E-state index in [4.69, 9.17) is 16.7 Å². The summed E-state index contributed by atoms with van der Waals surface area (Å²) in [6.07, 6.45) is -1.48. The van der Waals surface area contributed by atoms with Gasteiger partial charge in [0.05, 0.1) is 24.7 Å². The average Bonchev–Trinajstić information content (AvgIpc) is 1.98. The van der Waals surface area contributed by atoms with Crippen LogP contribution in [-0.2, 0) is 13.6 Å². The number of hydrogen-bond donors (Lipinski definition) is 1. The van der Waals surface area contributed by atoms with E-state index < -0.39 is 20.0 Å². The third-order valence-corrected chi connectivity index (χ3v) is 2.44. The van der Waals surface area contributed by atoms with Crippen LogP contribution < -0.4 is 34.5 Å². The van der Waals surface area contributed by atoms with Gasteiger partial charge in [-0.3, -0.25) is 4.57 Å². The second-order valence-corrected chi connectivity index (χ2v) is 4.38. The van der Waals surface area contributed by atoms with E-state index in [2.05, 4.69) is 9.05 Å². The molecule has 8 heteroatoms. The van der Waals surface area contributed by atoms with E-state index in [-0.39, 0.29) is 42.0 Å². The normalized spacial score (nSPS) is 17.3. The number of aliphatic hydroxyl groups excluding tert-OH is 1. The maximum Gasteiger partial charge on any atom is 1.00 e. The molecule has 0 aromatic carbocycles. The predicted octanol–water partition coefficient (Wildman–Crippen LogP) is -2.50. The maximum atomic E-state index is 10.9. The Balaban J connectivity index is 0. The molecular weight excluding hydrogens is 241 g/mol. The SMILES string of the molecule is CC(C)OP(=O)([O-])OCC(O)CCl.[Na+]. The van der Waals surface area contributed by atoms with Gasteiger partial charge in [-0.05, 0) is 13.8 Å². The van der Waals surface area contributed by atoms with Crippen molar-refractivity contribution in [3.05, 3.63) is 0 Å². The van der Waals surface area contributed by atoms with Crippen LogP contribution in [0.2, 0.25) is 0 Å². The Kier molecular flexibility index (Phi) is 10.8. The Bertz CT molecular complexity index is 191. The van der Waals surface area contributed by atoms with Crippen LogP contribution in [0.1, 0.15) is 13.8 Å². The monoisotopic (exact) mass is 254 g/mol. The second kappa shape index (κ2) is 8.50. The van der Waals surface area contributed by atoms with Crippen LogP contribution in [0.15, 0.2) is 0 Å². The first-order chi connectivity index (χ1) is 5.87. The van der Waals surface area contributed by atoms with Gasteiger partial charge in [-0.1, -0.05) is 0 Å². The summed E-state index contributed by atoms with van der Waals surface area (Å²) < 4.78 is 19.7. The first-order valence-electron chi connectivity index (χ1n) is 3.75. The number of alkyl halides is 1. The maximum absolute atomic E-state index is 10.9. The van der Waals surface area contributed by atoms with Gasteiger partial charge in [0, 0.05) is 0 Å². The van der Waals surface area contributed by atoms with Gasteiger partial charge in [0.2, 0.25) is 0 Å². The zero-order valence-electron chi connectivity index (χ0n) is 8.47. The summed E-state index contributed by atoms with van der Waals surface area (Å²) in [5, 5.41) is 8.88. The zero-order chi connectivity index (χ0) is 10.5. The minimum atomic E-state index is -4.28. The number of phosphoric ester groups is 1. The molecule has 0 amide bonds. The third kappa shape index (κ3) is 9.90. The molecule has 14 heavy (non-hydrogen) atoms. The van der Waals surface area contributed by atoms with E-state index in [9.17, 15) is 9.46 Å². The molecule has 0 radical (unpaired) electrons. The Morgan fingerprint density at radius 1 is 1.57 bits per heavy atom. The number of phosphoric acid groups is 1. The van der Waals surface area contributed by atoms with Crippen molar-refractivity contribution in [1.82, 2.24) is 0 Å². The molecule has 2 atom stereocenters. The van der Waals surface area contributed by atoms with E-state index in [1.165, 1.54) is 0 Å². The summed E-state index contributed by atoms with van der Waals surface area (Å²) in [5.74, 6) is -0.0817. The summed E-state index contributed by atoms with van der Waals surface area (Å²) in [6.45, 7) is 2.74. The van der Waals surface area contributed by atoms with Crippen molar-refractivity contribution in [2.45, 2.75) is 26.1 Å². The van der Waals surface area contributed by atoms with Crippen LogP contribution in [-0.4, -0.2) is 29.8 Å². The molecule has 0 aliphatic rings. The molecule has 0 aromatic rings. The number of halogens is 1. The van der Waals surface area contributed by atoms with Crippen LogP contribution in [0.5, 0.6) is 0 Å². The van der Waals surface area contributed by atoms with E-state index >= 15 is 0 Å². The second-order valence-electron chi connectivity index (χ2n) is 2.71. The van der Waals surface area contributed by atoms with Crippen LogP contribution in [0.3, 0.4) is 0 Å². The van der Waals surface area contributed by atoms with Crippen molar-refractivity contribution in [2.24, 2.45) is 0 Å². The van der Waals surface area contributed by atoms with E-state index in [1.54, 1.807) is 13.8 Å². The molecule has 0 fully saturated rings. The number of rotatable bonds is 6. The smallest absolute Gasteiger partial charge is 0.756 e. The summed E-state index contributed by atoms with van der Waals surface area (Å²) in [4.78, 5) is 10.9. The minimum Gasteiger partial charge on any atom is -0.756 e. The molecule has 0 bridgehead atoms. The summed E-state index contributed by atoms with van der Waals surface area (Å²) >= 11 is 5.22. The Hall–Kier alpha value is 1.36. The molecule has 80 valence electrons. The van der Waals surface area contributed by atoms with Crippen molar-refractivity contribution in [3.8, 4) is 0 Å². The van der Waals surface area contributed by atoms with Crippen molar-refractivity contribution in [3.63, 3.8) is 0 Å². The summed E-state index contributed by atoms with van der Waals surface area (Å²) in [6, 6.07) is 0. The van der Waals surface area contributed by atoms with Gasteiger partial charge in [-0.15, -0.1) is 11.6 Å². The number of hydrogen-bond acceptors (Lipinski definition) is 5. The molecule has 0 heterocycles. The molecule has 1 N–H and O–H groups in total. The number of aliphatic hydroxyl groups is 1. The molecule has 2 unspecified atom stereocenters. The molecule has 0 aromatic heterocycles. The fraction of sp³-hybridized carbons (Fsp3) is 1.00. The van der Waals surface area contributed by atoms with Gasteiger partial charge in [0.15, 0.2) is 0 Å². The van der Waals surface area contributed by atoms with E-state index in [0.29, 0.717) is 0 Å². The molecule has 0 saturated heterocycles. The van der Waals surface area contributed by atoms with Crippen molar-refractivity contribution < 1.29 is 53.2 Å². The predicted molar refractivity (Wildman–Crippen MR) is 46.5 cm³/mol. The van der Waals surface area contributed by atoms with Crippen LogP contribution >= 0.6 is 19.4 Å². The molecule has 0 rings (SSSR count). The third-order valence-electron chi connectivity index (χ3n) is 0.943. The van der Waals surface area contributed by atoms with Crippen molar-refractivity contribution in [1.29, 1.82) is 0 Å². The van der Waals surface area contributed by atoms with Gasteiger partial charge in [-0.2, -0.15) is 0 Å². The molecule has 5 nitrogen and oxygen atoms in total. The first-order valence-corrected chi connectivity index (χ1v) is 5.75. The van der Waals surface area contributed by atoms with Crippen LogP contribution in [0, 0.1) is 0 Å². The van der Waals surface area contributed by atoms with E-state index in [1.807, 2.05) is 0 Å². The van der Waals surface area contributed by atoms with Gasteiger partial charge in [-0.25, -0.2) is 0 Å². The quantitative estimate of drug-likeness (QED) is 0.322.